The van der Waals surface area contributed by atoms with Crippen LogP contribution in [0.2, 0.25) is 0 Å². The molecular weight excluding hydrogens is 199 g/mol. The van der Waals surface area contributed by atoms with Crippen molar-refractivity contribution < 1.29 is 14.2 Å². The molecule has 78 valence electrons. The third-order valence-electron chi connectivity index (χ3n) is 3.13. The van der Waals surface area contributed by atoms with E-state index in [1.807, 2.05) is 11.8 Å². The molecule has 2 saturated heterocycles. The van der Waals surface area contributed by atoms with Gasteiger partial charge in [0.1, 0.15) is 19.6 Å². The molecule has 0 amide bonds. The highest BCUT2D eigenvalue weighted by Gasteiger charge is 2.63. The molecule has 3 nitrogen and oxygen atoms in total. The third kappa shape index (κ3) is 1.26. The minimum atomic E-state index is -0.349. The fourth-order valence-electron chi connectivity index (χ4n) is 2.46. The van der Waals surface area contributed by atoms with Crippen LogP contribution < -0.4 is 0 Å². The summed E-state index contributed by atoms with van der Waals surface area (Å²) < 4.78 is 16.5. The van der Waals surface area contributed by atoms with Gasteiger partial charge in [0.05, 0.1) is 11.9 Å². The Labute approximate surface area is 90.3 Å². The monoisotopic (exact) mass is 214 g/mol. The summed E-state index contributed by atoms with van der Waals surface area (Å²) in [7, 11) is 9.28. The first-order valence-electron chi connectivity index (χ1n) is 4.76. The van der Waals surface area contributed by atoms with Gasteiger partial charge >= 0.3 is 0 Å². The molecule has 2 heterocycles. The van der Waals surface area contributed by atoms with E-state index in [0.29, 0.717) is 11.9 Å². The van der Waals surface area contributed by atoms with Crippen LogP contribution in [0.3, 0.4) is 0 Å². The highest BCUT2D eigenvalue weighted by Crippen LogP contribution is 2.52. The molecule has 2 aliphatic heterocycles. The number of fused-ring (bicyclic) bond motifs is 2. The van der Waals surface area contributed by atoms with Crippen LogP contribution in [-0.4, -0.2) is 56.9 Å². The first-order valence-corrected chi connectivity index (χ1v) is 5.70. The van der Waals surface area contributed by atoms with Crippen LogP contribution >= 0.6 is 11.8 Å². The molecule has 5 atom stereocenters. The van der Waals surface area contributed by atoms with Crippen molar-refractivity contribution in [1.29, 1.82) is 0 Å². The molecule has 1 unspecified atom stereocenters. The van der Waals surface area contributed by atoms with Gasteiger partial charge in [-0.25, -0.2) is 0 Å². The first-order chi connectivity index (χ1) is 6.65. The molecule has 0 saturated carbocycles. The van der Waals surface area contributed by atoms with Crippen LogP contribution in [0.5, 0.6) is 0 Å². The fourth-order valence-corrected chi connectivity index (χ4v) is 4.11. The highest BCUT2D eigenvalue weighted by atomic mass is 32.2. The van der Waals surface area contributed by atoms with Gasteiger partial charge in [-0.15, -0.1) is 11.8 Å². The normalized spacial score (nSPS) is 51.4. The maximum absolute atomic E-state index is 5.88. The van der Waals surface area contributed by atoms with Crippen LogP contribution in [0, 0.1) is 0 Å². The van der Waals surface area contributed by atoms with Crippen LogP contribution in [0.15, 0.2) is 0 Å². The summed E-state index contributed by atoms with van der Waals surface area (Å²) in [5, 5.41) is 0.613. The van der Waals surface area contributed by atoms with Crippen LogP contribution in [0.25, 0.3) is 0 Å². The quantitative estimate of drug-likeness (QED) is 0.636. The predicted molar refractivity (Wildman–Crippen MR) is 56.9 cm³/mol. The van der Waals surface area contributed by atoms with E-state index in [0.717, 1.165) is 0 Å². The minimum absolute atomic E-state index is 0.0532. The van der Waals surface area contributed by atoms with E-state index in [9.17, 15) is 0 Å². The number of methoxy groups -OCH3 is 2. The zero-order valence-corrected chi connectivity index (χ0v) is 9.54. The van der Waals surface area contributed by atoms with Crippen molar-refractivity contribution in [2.45, 2.75) is 35.1 Å². The summed E-state index contributed by atoms with van der Waals surface area (Å²) in [6.45, 7) is 2.69. The van der Waals surface area contributed by atoms with Crippen LogP contribution in [0.4, 0.5) is 0 Å². The average molecular weight is 214 g/mol. The molecule has 0 aromatic heterocycles. The largest absolute Gasteiger partial charge is 0.382 e. The Morgan fingerprint density at radius 2 is 2.21 bits per heavy atom. The van der Waals surface area contributed by atoms with Gasteiger partial charge in [0.2, 0.25) is 0 Å². The zero-order valence-electron chi connectivity index (χ0n) is 8.73. The molecule has 0 aromatic rings. The summed E-state index contributed by atoms with van der Waals surface area (Å²) >= 11 is 1.84. The molecule has 0 N–H and O–H groups in total. The molecular formula is C9H15BO3S. The molecule has 0 aliphatic carbocycles. The van der Waals surface area contributed by atoms with Crippen molar-refractivity contribution in [2.75, 3.05) is 20.8 Å². The molecule has 0 spiro atoms. The number of hydrogen-bond acceptors (Lipinski definition) is 4. The zero-order chi connectivity index (χ0) is 10.3. The summed E-state index contributed by atoms with van der Waals surface area (Å²) in [5.74, 6) is 0. The first kappa shape index (κ1) is 10.8. The fraction of sp³-hybridized carbons (Fsp3) is 1.00. The Balaban J connectivity index is 2.25. The average Bonchev–Trinajstić information content (AvgIpc) is 2.54. The Morgan fingerprint density at radius 3 is 2.79 bits per heavy atom. The van der Waals surface area contributed by atoms with E-state index in [4.69, 9.17) is 22.1 Å². The lowest BCUT2D eigenvalue weighted by molar-refractivity contribution is -0.111. The van der Waals surface area contributed by atoms with E-state index in [1.54, 1.807) is 14.2 Å². The molecule has 2 fully saturated rings. The molecule has 14 heavy (non-hydrogen) atoms. The summed E-state index contributed by atoms with van der Waals surface area (Å²) in [4.78, 5) is 0. The SMILES string of the molecule is [B][C@@H]1O[C@@]2(COC)[C@H](C)SC1[C@H]2OC. The van der Waals surface area contributed by atoms with Gasteiger partial charge < -0.3 is 14.2 Å². The third-order valence-corrected chi connectivity index (χ3v) is 4.77. The maximum atomic E-state index is 5.88. The number of hydrogen-bond donors (Lipinski definition) is 0. The molecule has 2 radical (unpaired) electrons. The molecule has 2 aliphatic rings. The molecule has 5 heteroatoms. The summed E-state index contributed by atoms with van der Waals surface area (Å²) in [6.07, 6.45) is 0.0532. The van der Waals surface area contributed by atoms with Crippen molar-refractivity contribution in [3.8, 4) is 0 Å². The Bertz CT molecular complexity index is 228. The van der Waals surface area contributed by atoms with E-state index >= 15 is 0 Å². The standard InChI is InChI=1S/C9H15BO3S/c1-5-9(4-11-2)7(12-3)6(14-5)8(10)13-9/h5-8H,4H2,1-3H3/t5-,6?,7+,8+,9-/m0/s1. The molecule has 2 bridgehead atoms. The van der Waals surface area contributed by atoms with Gasteiger partial charge in [0.25, 0.3) is 0 Å². The summed E-state index contributed by atoms with van der Waals surface area (Å²) in [6, 6.07) is -0.226. The van der Waals surface area contributed by atoms with E-state index in [1.165, 1.54) is 0 Å². The van der Waals surface area contributed by atoms with Gasteiger partial charge in [0.15, 0.2) is 0 Å². The van der Waals surface area contributed by atoms with Gasteiger partial charge in [-0.3, -0.25) is 0 Å². The smallest absolute Gasteiger partial charge is 0.129 e. The Hall–Kier alpha value is 0.295. The van der Waals surface area contributed by atoms with Crippen molar-refractivity contribution in [2.24, 2.45) is 0 Å². The summed E-state index contributed by atoms with van der Waals surface area (Å²) in [5.41, 5.74) is -0.349. The maximum Gasteiger partial charge on any atom is 0.129 e. The predicted octanol–water partition coefficient (Wildman–Crippen LogP) is 0.415. The van der Waals surface area contributed by atoms with Gasteiger partial charge in [-0.2, -0.15) is 0 Å². The van der Waals surface area contributed by atoms with Crippen LogP contribution in [0.1, 0.15) is 6.92 Å². The van der Waals surface area contributed by atoms with Crippen LogP contribution in [-0.2, 0) is 14.2 Å². The van der Waals surface area contributed by atoms with E-state index in [2.05, 4.69) is 6.92 Å². The Kier molecular flexibility index (Phi) is 2.86. The number of thioether (sulfide) groups is 1. The van der Waals surface area contributed by atoms with Crippen molar-refractivity contribution in [3.63, 3.8) is 0 Å². The number of ether oxygens (including phenoxy) is 3. The van der Waals surface area contributed by atoms with E-state index < -0.39 is 0 Å². The second-order valence-electron chi connectivity index (χ2n) is 3.87. The van der Waals surface area contributed by atoms with Gasteiger partial charge in [0, 0.05) is 25.5 Å². The second kappa shape index (κ2) is 3.70. The Morgan fingerprint density at radius 1 is 1.50 bits per heavy atom. The number of rotatable bonds is 3. The lowest BCUT2D eigenvalue weighted by Crippen LogP contribution is -2.49. The lowest BCUT2D eigenvalue weighted by atomic mass is 9.90. The van der Waals surface area contributed by atoms with Gasteiger partial charge in [-0.1, -0.05) is 6.92 Å². The van der Waals surface area contributed by atoms with Crippen molar-refractivity contribution in [1.82, 2.24) is 0 Å². The topological polar surface area (TPSA) is 27.7 Å². The van der Waals surface area contributed by atoms with Crippen molar-refractivity contribution >= 4 is 19.6 Å². The van der Waals surface area contributed by atoms with Gasteiger partial charge in [-0.05, 0) is 0 Å². The molecule has 2 rings (SSSR count). The lowest BCUT2D eigenvalue weighted by Gasteiger charge is -2.35. The minimum Gasteiger partial charge on any atom is -0.382 e. The second-order valence-corrected chi connectivity index (χ2v) is 5.39. The van der Waals surface area contributed by atoms with Crippen molar-refractivity contribution in [3.05, 3.63) is 0 Å². The molecule has 0 aromatic carbocycles. The van der Waals surface area contributed by atoms with E-state index in [-0.39, 0.29) is 23.0 Å². The highest BCUT2D eigenvalue weighted by molar-refractivity contribution is 8.01.